The predicted molar refractivity (Wildman–Crippen MR) is 57.7 cm³/mol. The quantitative estimate of drug-likeness (QED) is 0.616. The zero-order valence-corrected chi connectivity index (χ0v) is 9.73. The van der Waals surface area contributed by atoms with Crippen molar-refractivity contribution in [3.63, 3.8) is 0 Å². The second-order valence-corrected chi connectivity index (χ2v) is 5.32. The molecule has 3 rings (SSSR count). The molecule has 0 unspecified atom stereocenters. The van der Waals surface area contributed by atoms with E-state index >= 15 is 0 Å². The average Bonchev–Trinajstić information content (AvgIpc) is 2.57. The number of carbonyl (C=O) groups is 1. The lowest BCUT2D eigenvalue weighted by Gasteiger charge is -2.37. The van der Waals surface area contributed by atoms with E-state index in [0.717, 1.165) is 12.1 Å². The van der Waals surface area contributed by atoms with Crippen molar-refractivity contribution < 1.29 is 14.3 Å². The van der Waals surface area contributed by atoms with Crippen molar-refractivity contribution in [1.29, 1.82) is 0 Å². The molecule has 0 radical (unpaired) electrons. The van der Waals surface area contributed by atoms with Gasteiger partial charge in [-0.3, -0.25) is 4.79 Å². The van der Waals surface area contributed by atoms with E-state index < -0.39 is 0 Å². The molecule has 2 saturated heterocycles. The van der Waals surface area contributed by atoms with E-state index in [1.54, 1.807) is 0 Å². The Balaban J connectivity index is 1.89. The van der Waals surface area contributed by atoms with E-state index in [9.17, 15) is 4.79 Å². The molecule has 4 nitrogen and oxygen atoms in total. The molecule has 88 valence electrons. The number of rotatable bonds is 0. The fourth-order valence-corrected chi connectivity index (χ4v) is 2.64. The zero-order valence-electron chi connectivity index (χ0n) is 9.73. The van der Waals surface area contributed by atoms with Gasteiger partial charge in [-0.25, -0.2) is 0 Å². The van der Waals surface area contributed by atoms with Crippen molar-refractivity contribution in [3.05, 3.63) is 11.8 Å². The summed E-state index contributed by atoms with van der Waals surface area (Å²) < 4.78 is 11.8. The number of amides is 1. The van der Waals surface area contributed by atoms with Crippen molar-refractivity contribution in [2.45, 2.75) is 44.5 Å². The molecule has 0 bridgehead atoms. The van der Waals surface area contributed by atoms with E-state index in [1.165, 1.54) is 0 Å². The Hall–Kier alpha value is -0.870. The molecule has 0 aromatic heterocycles. The van der Waals surface area contributed by atoms with Gasteiger partial charge in [-0.1, -0.05) is 6.08 Å². The van der Waals surface area contributed by atoms with Gasteiger partial charge in [-0.05, 0) is 20.3 Å². The van der Waals surface area contributed by atoms with Gasteiger partial charge < -0.3 is 14.4 Å². The SMILES string of the molecule is CC1(C)CO[C@H]2CN3C(=O)CCC=C3[C@H]2O1. The molecule has 3 aliphatic rings. The normalized spacial score (nSPS) is 36.8. The van der Waals surface area contributed by atoms with Crippen LogP contribution >= 0.6 is 0 Å². The molecule has 3 aliphatic heterocycles. The molecule has 0 aromatic rings. The number of carbonyl (C=O) groups excluding carboxylic acids is 1. The standard InChI is InChI=1S/C12H17NO3/c1-12(2)7-15-9-6-13-8(11(9)16-12)4-3-5-10(13)14/h4,9,11H,3,5-7H2,1-2H3/t9-,11+/m0/s1. The highest BCUT2D eigenvalue weighted by molar-refractivity contribution is 5.80. The maximum Gasteiger partial charge on any atom is 0.227 e. The fourth-order valence-electron chi connectivity index (χ4n) is 2.64. The van der Waals surface area contributed by atoms with Gasteiger partial charge in [-0.2, -0.15) is 0 Å². The van der Waals surface area contributed by atoms with Crippen LogP contribution in [-0.4, -0.2) is 41.8 Å². The van der Waals surface area contributed by atoms with E-state index in [4.69, 9.17) is 9.47 Å². The van der Waals surface area contributed by atoms with Gasteiger partial charge in [0.1, 0.15) is 12.2 Å². The lowest BCUT2D eigenvalue weighted by molar-refractivity contribution is -0.194. The number of ether oxygens (including phenoxy) is 2. The van der Waals surface area contributed by atoms with Crippen molar-refractivity contribution in [2.24, 2.45) is 0 Å². The first-order valence-electron chi connectivity index (χ1n) is 5.87. The number of fused-ring (bicyclic) bond motifs is 3. The summed E-state index contributed by atoms with van der Waals surface area (Å²) in [4.78, 5) is 13.6. The van der Waals surface area contributed by atoms with E-state index in [0.29, 0.717) is 19.6 Å². The van der Waals surface area contributed by atoms with Crippen LogP contribution in [0.3, 0.4) is 0 Å². The van der Waals surface area contributed by atoms with Gasteiger partial charge >= 0.3 is 0 Å². The summed E-state index contributed by atoms with van der Waals surface area (Å²) in [6.45, 7) is 5.31. The van der Waals surface area contributed by atoms with Gasteiger partial charge in [0.2, 0.25) is 5.91 Å². The molecule has 16 heavy (non-hydrogen) atoms. The summed E-state index contributed by atoms with van der Waals surface area (Å²) in [7, 11) is 0. The summed E-state index contributed by atoms with van der Waals surface area (Å²) in [5, 5.41) is 0. The molecule has 2 atom stereocenters. The third kappa shape index (κ3) is 1.48. The maximum absolute atomic E-state index is 11.8. The van der Waals surface area contributed by atoms with Crippen LogP contribution < -0.4 is 0 Å². The van der Waals surface area contributed by atoms with Crippen molar-refractivity contribution in [2.75, 3.05) is 13.2 Å². The Labute approximate surface area is 95.2 Å². The van der Waals surface area contributed by atoms with Crippen molar-refractivity contribution in [3.8, 4) is 0 Å². The molecule has 0 spiro atoms. The Kier molecular flexibility index (Phi) is 2.13. The van der Waals surface area contributed by atoms with E-state index in [2.05, 4.69) is 6.08 Å². The van der Waals surface area contributed by atoms with Crippen LogP contribution in [0.15, 0.2) is 11.8 Å². The summed E-state index contributed by atoms with van der Waals surface area (Å²) in [5.41, 5.74) is 0.771. The summed E-state index contributed by atoms with van der Waals surface area (Å²) in [6.07, 6.45) is 3.55. The monoisotopic (exact) mass is 223 g/mol. The predicted octanol–water partition coefficient (Wildman–Crippen LogP) is 1.07. The number of allylic oxidation sites excluding steroid dienone is 1. The molecule has 2 fully saturated rings. The maximum atomic E-state index is 11.8. The Morgan fingerprint density at radius 3 is 3.12 bits per heavy atom. The van der Waals surface area contributed by atoms with Crippen LogP contribution in [0.1, 0.15) is 26.7 Å². The van der Waals surface area contributed by atoms with Gasteiger partial charge in [0.05, 0.1) is 18.8 Å². The second-order valence-electron chi connectivity index (χ2n) is 5.32. The second kappa shape index (κ2) is 3.31. The van der Waals surface area contributed by atoms with E-state index in [1.807, 2.05) is 18.7 Å². The van der Waals surface area contributed by atoms with Gasteiger partial charge in [-0.15, -0.1) is 0 Å². The number of nitrogens with zero attached hydrogens (tertiary/aromatic N) is 1. The highest BCUT2D eigenvalue weighted by Gasteiger charge is 2.47. The van der Waals surface area contributed by atoms with Crippen LogP contribution in [0.4, 0.5) is 0 Å². The smallest absolute Gasteiger partial charge is 0.227 e. The van der Waals surface area contributed by atoms with Crippen LogP contribution in [0.5, 0.6) is 0 Å². The molecule has 0 N–H and O–H groups in total. The minimum absolute atomic E-state index is 0.0290. The molecule has 0 aromatic carbocycles. The van der Waals surface area contributed by atoms with Crippen molar-refractivity contribution >= 4 is 5.91 Å². The van der Waals surface area contributed by atoms with Crippen molar-refractivity contribution in [1.82, 2.24) is 4.90 Å². The number of hydrogen-bond donors (Lipinski definition) is 0. The fraction of sp³-hybridized carbons (Fsp3) is 0.750. The molecular weight excluding hydrogens is 206 g/mol. The summed E-state index contributed by atoms with van der Waals surface area (Å²) in [6, 6.07) is 0. The molecule has 0 aliphatic carbocycles. The Bertz CT molecular complexity index is 361. The minimum Gasteiger partial charge on any atom is -0.370 e. The topological polar surface area (TPSA) is 38.8 Å². The average molecular weight is 223 g/mol. The van der Waals surface area contributed by atoms with E-state index in [-0.39, 0.29) is 23.7 Å². The van der Waals surface area contributed by atoms with Crippen LogP contribution in [0.25, 0.3) is 0 Å². The van der Waals surface area contributed by atoms with Crippen LogP contribution in [-0.2, 0) is 14.3 Å². The number of hydrogen-bond acceptors (Lipinski definition) is 3. The largest absolute Gasteiger partial charge is 0.370 e. The molecular formula is C12H17NO3. The zero-order chi connectivity index (χ0) is 11.3. The summed E-state index contributed by atoms with van der Waals surface area (Å²) >= 11 is 0. The first kappa shape index (κ1) is 10.3. The van der Waals surface area contributed by atoms with Crippen LogP contribution in [0, 0.1) is 0 Å². The minimum atomic E-state index is -0.251. The first-order valence-corrected chi connectivity index (χ1v) is 5.87. The molecule has 1 amide bonds. The Morgan fingerprint density at radius 2 is 2.31 bits per heavy atom. The Morgan fingerprint density at radius 1 is 1.50 bits per heavy atom. The third-order valence-electron chi connectivity index (χ3n) is 3.41. The third-order valence-corrected chi connectivity index (χ3v) is 3.41. The van der Waals surface area contributed by atoms with Crippen LogP contribution in [0.2, 0.25) is 0 Å². The lowest BCUT2D eigenvalue weighted by Crippen LogP contribution is -2.47. The molecule has 0 saturated carbocycles. The molecule has 4 heteroatoms. The highest BCUT2D eigenvalue weighted by Crippen LogP contribution is 2.37. The van der Waals surface area contributed by atoms with Gasteiger partial charge in [0, 0.05) is 12.1 Å². The lowest BCUT2D eigenvalue weighted by atomic mass is 10.1. The van der Waals surface area contributed by atoms with Gasteiger partial charge in [0.25, 0.3) is 0 Å². The highest BCUT2D eigenvalue weighted by atomic mass is 16.6. The first-order chi connectivity index (χ1) is 7.57. The summed E-state index contributed by atoms with van der Waals surface area (Å²) in [5.74, 6) is 0.205. The molecule has 3 heterocycles. The van der Waals surface area contributed by atoms with Gasteiger partial charge in [0.15, 0.2) is 0 Å².